The molecule has 0 saturated heterocycles. The first-order valence-corrected chi connectivity index (χ1v) is 10.5. The van der Waals surface area contributed by atoms with Crippen molar-refractivity contribution >= 4 is 29.4 Å². The Balaban J connectivity index is 2.04. The second kappa shape index (κ2) is 9.21. The predicted molar refractivity (Wildman–Crippen MR) is 113 cm³/mol. The first-order valence-electron chi connectivity index (χ1n) is 9.48. The number of nitrogens with one attached hydrogen (secondary N) is 1. The lowest BCUT2D eigenvalue weighted by Gasteiger charge is -2.28. The molecular weight excluding hydrogens is 408 g/mol. The Morgan fingerprint density at radius 1 is 1.37 bits per heavy atom. The number of hydrogen-bond acceptors (Lipinski definition) is 7. The van der Waals surface area contributed by atoms with Crippen LogP contribution in [0.1, 0.15) is 36.8 Å². The van der Waals surface area contributed by atoms with E-state index >= 15 is 0 Å². The van der Waals surface area contributed by atoms with Gasteiger partial charge in [-0.3, -0.25) is 14.4 Å². The number of fused-ring (bicyclic) bond motifs is 1. The zero-order valence-electron chi connectivity index (χ0n) is 17.1. The molecule has 10 heteroatoms. The molecule has 9 nitrogen and oxygen atoms in total. The second-order valence-corrected chi connectivity index (χ2v) is 7.90. The minimum atomic E-state index is -0.606. The molecule has 3 N–H and O–H groups in total. The molecule has 0 fully saturated rings. The third-order valence-corrected chi connectivity index (χ3v) is 5.93. The fourth-order valence-corrected chi connectivity index (χ4v) is 4.13. The summed E-state index contributed by atoms with van der Waals surface area (Å²) in [6, 6.07) is 5.07. The Labute approximate surface area is 178 Å². The van der Waals surface area contributed by atoms with Gasteiger partial charge in [0.15, 0.2) is 23.3 Å². The molecule has 1 aromatic heterocycles. The van der Waals surface area contributed by atoms with Crippen molar-refractivity contribution < 1.29 is 19.1 Å². The van der Waals surface area contributed by atoms with Crippen LogP contribution >= 0.6 is 11.8 Å². The van der Waals surface area contributed by atoms with Crippen molar-refractivity contribution in [1.82, 2.24) is 9.55 Å². The van der Waals surface area contributed by atoms with E-state index in [1.165, 1.54) is 18.9 Å². The van der Waals surface area contributed by atoms with Gasteiger partial charge in [-0.05, 0) is 24.1 Å². The Hall–Kier alpha value is -3.01. The standard InChI is InChI=1S/C20H24N4O5S/c1-4-7-30-20-23-19(27)17-12(9-16(26)22-18(17)24(20)2)11-5-6-13(14(8-11)28-3)29-10-15(21)25/h5-6,8,12H,4,7,9-10H2,1-3H3,(H2,21,25)(H,22,26). The monoisotopic (exact) mass is 432 g/mol. The largest absolute Gasteiger partial charge is 0.493 e. The van der Waals surface area contributed by atoms with Gasteiger partial charge >= 0.3 is 0 Å². The minimum absolute atomic E-state index is 0.107. The lowest BCUT2D eigenvalue weighted by molar-refractivity contribution is -0.120. The van der Waals surface area contributed by atoms with E-state index in [4.69, 9.17) is 15.2 Å². The van der Waals surface area contributed by atoms with E-state index in [0.29, 0.717) is 33.6 Å². The van der Waals surface area contributed by atoms with Crippen LogP contribution in [0.3, 0.4) is 0 Å². The number of ether oxygens (including phenoxy) is 2. The summed E-state index contributed by atoms with van der Waals surface area (Å²) in [6.45, 7) is 1.76. The van der Waals surface area contributed by atoms with E-state index in [0.717, 1.165) is 12.2 Å². The maximum atomic E-state index is 12.9. The zero-order valence-corrected chi connectivity index (χ0v) is 17.9. The lowest BCUT2D eigenvalue weighted by atomic mass is 9.86. The normalized spacial score (nSPS) is 15.3. The third kappa shape index (κ3) is 4.43. The van der Waals surface area contributed by atoms with Crippen LogP contribution in [-0.4, -0.2) is 40.8 Å². The highest BCUT2D eigenvalue weighted by molar-refractivity contribution is 7.99. The van der Waals surface area contributed by atoms with Gasteiger partial charge in [-0.15, -0.1) is 0 Å². The van der Waals surface area contributed by atoms with E-state index in [9.17, 15) is 14.4 Å². The molecular formula is C20H24N4O5S. The Morgan fingerprint density at radius 2 is 2.13 bits per heavy atom. The van der Waals surface area contributed by atoms with Crippen LogP contribution in [0.4, 0.5) is 5.82 Å². The number of primary amides is 1. The highest BCUT2D eigenvalue weighted by atomic mass is 32.2. The molecule has 1 aliphatic heterocycles. The quantitative estimate of drug-likeness (QED) is 0.480. The molecule has 0 aliphatic carbocycles. The Bertz CT molecular complexity index is 1040. The molecule has 2 heterocycles. The number of thioether (sulfide) groups is 1. The van der Waals surface area contributed by atoms with Gasteiger partial charge in [0, 0.05) is 25.1 Å². The molecule has 0 radical (unpaired) electrons. The zero-order chi connectivity index (χ0) is 21.8. The van der Waals surface area contributed by atoms with Crippen molar-refractivity contribution in [3.63, 3.8) is 0 Å². The second-order valence-electron chi connectivity index (χ2n) is 6.84. The maximum absolute atomic E-state index is 12.9. The molecule has 1 aliphatic rings. The summed E-state index contributed by atoms with van der Waals surface area (Å²) >= 11 is 1.47. The van der Waals surface area contributed by atoms with Crippen molar-refractivity contribution in [2.45, 2.75) is 30.8 Å². The molecule has 0 spiro atoms. The number of nitrogens with two attached hydrogens (primary N) is 1. The van der Waals surface area contributed by atoms with Gasteiger partial charge in [0.25, 0.3) is 11.5 Å². The highest BCUT2D eigenvalue weighted by Crippen LogP contribution is 2.39. The van der Waals surface area contributed by atoms with Gasteiger partial charge < -0.3 is 25.1 Å². The van der Waals surface area contributed by atoms with Crippen LogP contribution in [0, 0.1) is 0 Å². The Morgan fingerprint density at radius 3 is 2.80 bits per heavy atom. The summed E-state index contributed by atoms with van der Waals surface area (Å²) in [6.07, 6.45) is 1.05. The van der Waals surface area contributed by atoms with Crippen LogP contribution in [-0.2, 0) is 16.6 Å². The van der Waals surface area contributed by atoms with Crippen LogP contribution in [0.25, 0.3) is 0 Å². The number of hydrogen-bond donors (Lipinski definition) is 2. The number of benzene rings is 1. The lowest BCUT2D eigenvalue weighted by Crippen LogP contribution is -2.33. The molecule has 1 unspecified atom stereocenters. The maximum Gasteiger partial charge on any atom is 0.279 e. The number of amides is 2. The third-order valence-electron chi connectivity index (χ3n) is 4.70. The fourth-order valence-electron chi connectivity index (χ4n) is 3.31. The molecule has 1 aromatic carbocycles. The molecule has 0 bridgehead atoms. The molecule has 0 saturated carbocycles. The first kappa shape index (κ1) is 21.7. The summed E-state index contributed by atoms with van der Waals surface area (Å²) < 4.78 is 12.5. The molecule has 160 valence electrons. The van der Waals surface area contributed by atoms with Crippen molar-refractivity contribution in [1.29, 1.82) is 0 Å². The summed E-state index contributed by atoms with van der Waals surface area (Å²) in [4.78, 5) is 40.6. The van der Waals surface area contributed by atoms with Crippen LogP contribution in [0.2, 0.25) is 0 Å². The van der Waals surface area contributed by atoms with E-state index in [1.54, 1.807) is 29.8 Å². The van der Waals surface area contributed by atoms with Gasteiger partial charge in [0.1, 0.15) is 5.82 Å². The molecule has 1 atom stereocenters. The first-order chi connectivity index (χ1) is 14.3. The van der Waals surface area contributed by atoms with Crippen LogP contribution < -0.4 is 26.1 Å². The van der Waals surface area contributed by atoms with E-state index in [1.807, 2.05) is 6.92 Å². The van der Waals surface area contributed by atoms with E-state index in [2.05, 4.69) is 10.3 Å². The van der Waals surface area contributed by atoms with Crippen LogP contribution in [0.15, 0.2) is 28.2 Å². The molecule has 3 rings (SSSR count). The molecule has 2 aromatic rings. The van der Waals surface area contributed by atoms with Crippen molar-refractivity contribution in [3.05, 3.63) is 39.7 Å². The van der Waals surface area contributed by atoms with Gasteiger partial charge in [0.05, 0.1) is 12.7 Å². The number of nitrogens with zero attached hydrogens (tertiary/aromatic N) is 2. The number of rotatable bonds is 8. The smallest absolute Gasteiger partial charge is 0.279 e. The summed E-state index contributed by atoms with van der Waals surface area (Å²) in [5, 5.41) is 3.39. The minimum Gasteiger partial charge on any atom is -0.493 e. The average Bonchev–Trinajstić information content (AvgIpc) is 2.72. The van der Waals surface area contributed by atoms with E-state index in [-0.39, 0.29) is 24.5 Å². The number of methoxy groups -OCH3 is 1. The number of carbonyl (C=O) groups excluding carboxylic acids is 2. The molecule has 2 amide bonds. The number of anilines is 1. The highest BCUT2D eigenvalue weighted by Gasteiger charge is 2.32. The SMILES string of the molecule is CCCSc1nc(=O)c2c(n1C)NC(=O)CC2c1ccc(OCC(N)=O)c(OC)c1. The number of carbonyl (C=O) groups is 2. The summed E-state index contributed by atoms with van der Waals surface area (Å²) in [7, 11) is 3.25. The van der Waals surface area contributed by atoms with Gasteiger partial charge in [-0.25, -0.2) is 0 Å². The topological polar surface area (TPSA) is 126 Å². The van der Waals surface area contributed by atoms with Crippen molar-refractivity contribution in [2.24, 2.45) is 12.8 Å². The number of aromatic nitrogens is 2. The Kier molecular flexibility index (Phi) is 6.66. The van der Waals surface area contributed by atoms with Gasteiger partial charge in [-0.2, -0.15) is 4.98 Å². The average molecular weight is 433 g/mol. The van der Waals surface area contributed by atoms with Gasteiger partial charge in [0.2, 0.25) is 5.91 Å². The van der Waals surface area contributed by atoms with E-state index < -0.39 is 11.8 Å². The molecule has 30 heavy (non-hydrogen) atoms. The van der Waals surface area contributed by atoms with Crippen molar-refractivity contribution in [2.75, 3.05) is 24.8 Å². The summed E-state index contributed by atoms with van der Waals surface area (Å²) in [5.74, 6) is 0.727. The van der Waals surface area contributed by atoms with Crippen LogP contribution in [0.5, 0.6) is 11.5 Å². The fraction of sp³-hybridized carbons (Fsp3) is 0.400. The van der Waals surface area contributed by atoms with Gasteiger partial charge in [-0.1, -0.05) is 24.8 Å². The van der Waals surface area contributed by atoms with Crippen molar-refractivity contribution in [3.8, 4) is 11.5 Å². The summed E-state index contributed by atoms with van der Waals surface area (Å²) in [5.41, 5.74) is 5.91. The predicted octanol–water partition coefficient (Wildman–Crippen LogP) is 1.63.